The molecule has 25 heavy (non-hydrogen) atoms. The molecule has 0 bridgehead atoms. The molecule has 130 valence electrons. The van der Waals surface area contributed by atoms with E-state index in [1.165, 1.54) is 49.6 Å². The molecule has 8 nitrogen and oxygen atoms in total. The third-order valence-corrected chi connectivity index (χ3v) is 3.22. The molecular weight excluding hydrogens is 330 g/mol. The van der Waals surface area contributed by atoms with Crippen molar-refractivity contribution < 1.29 is 28.7 Å². The highest BCUT2D eigenvalue weighted by molar-refractivity contribution is 5.76. The van der Waals surface area contributed by atoms with Crippen molar-refractivity contribution in [2.45, 2.75) is 6.61 Å². The number of methoxy groups -OCH3 is 1. The number of nitro benzene ring substituents is 1. The highest BCUT2D eigenvalue weighted by atomic mass is 16.6. The van der Waals surface area contributed by atoms with Crippen LogP contribution < -0.4 is 9.47 Å². The topological polar surface area (TPSA) is 105 Å². The van der Waals surface area contributed by atoms with Gasteiger partial charge in [0, 0.05) is 17.7 Å². The zero-order chi connectivity index (χ0) is 18.2. The summed E-state index contributed by atoms with van der Waals surface area (Å²) < 4.78 is 15.5. The van der Waals surface area contributed by atoms with Gasteiger partial charge in [-0.2, -0.15) is 0 Å². The van der Waals surface area contributed by atoms with E-state index >= 15 is 0 Å². The quantitative estimate of drug-likeness (QED) is 0.313. The van der Waals surface area contributed by atoms with E-state index in [4.69, 9.17) is 14.2 Å². The predicted molar refractivity (Wildman–Crippen MR) is 86.8 cm³/mol. The molecule has 0 amide bonds. The van der Waals surface area contributed by atoms with Gasteiger partial charge >= 0.3 is 5.97 Å². The molecule has 2 aromatic rings. The number of hydrogen-bond acceptors (Lipinski definition) is 7. The molecule has 0 aliphatic rings. The monoisotopic (exact) mass is 345 g/mol. The van der Waals surface area contributed by atoms with E-state index in [1.54, 1.807) is 0 Å². The molecule has 0 unspecified atom stereocenters. The fourth-order valence-corrected chi connectivity index (χ4v) is 1.93. The van der Waals surface area contributed by atoms with Gasteiger partial charge in [-0.1, -0.05) is 0 Å². The Morgan fingerprint density at radius 1 is 1.16 bits per heavy atom. The molecule has 0 N–H and O–H groups in total. The van der Waals surface area contributed by atoms with Crippen molar-refractivity contribution in [2.75, 3.05) is 13.7 Å². The van der Waals surface area contributed by atoms with Gasteiger partial charge in [-0.25, -0.2) is 4.79 Å². The summed E-state index contributed by atoms with van der Waals surface area (Å²) in [6.07, 6.45) is 0.671. The zero-order valence-corrected chi connectivity index (χ0v) is 13.3. The summed E-state index contributed by atoms with van der Waals surface area (Å²) in [5.41, 5.74) is 1.00. The second-order valence-electron chi connectivity index (χ2n) is 4.90. The average molecular weight is 345 g/mol. The maximum Gasteiger partial charge on any atom is 0.344 e. The first-order valence-electron chi connectivity index (χ1n) is 7.18. The minimum absolute atomic E-state index is 0.0264. The predicted octanol–water partition coefficient (Wildman–Crippen LogP) is 2.54. The van der Waals surface area contributed by atoms with Crippen LogP contribution in [0.4, 0.5) is 5.69 Å². The van der Waals surface area contributed by atoms with Crippen molar-refractivity contribution in [3.8, 4) is 11.5 Å². The van der Waals surface area contributed by atoms with Crippen molar-refractivity contribution in [3.63, 3.8) is 0 Å². The van der Waals surface area contributed by atoms with Crippen LogP contribution in [0.1, 0.15) is 15.9 Å². The van der Waals surface area contributed by atoms with Crippen LogP contribution >= 0.6 is 0 Å². The molecule has 0 aliphatic carbocycles. The van der Waals surface area contributed by atoms with E-state index in [0.29, 0.717) is 28.9 Å². The number of carbonyl (C=O) groups excluding carboxylic acids is 2. The second-order valence-corrected chi connectivity index (χ2v) is 4.90. The highest BCUT2D eigenvalue weighted by Gasteiger charge is 2.10. The van der Waals surface area contributed by atoms with E-state index in [1.807, 2.05) is 0 Å². The van der Waals surface area contributed by atoms with Crippen LogP contribution in [0.25, 0.3) is 0 Å². The number of carbonyl (C=O) groups is 2. The summed E-state index contributed by atoms with van der Waals surface area (Å²) in [6, 6.07) is 10.2. The van der Waals surface area contributed by atoms with Crippen molar-refractivity contribution in [1.29, 1.82) is 0 Å². The maximum atomic E-state index is 11.7. The molecule has 0 radical (unpaired) electrons. The molecule has 0 saturated carbocycles. The molecule has 0 aliphatic heterocycles. The Morgan fingerprint density at radius 2 is 1.88 bits per heavy atom. The highest BCUT2D eigenvalue weighted by Crippen LogP contribution is 2.27. The smallest absolute Gasteiger partial charge is 0.344 e. The summed E-state index contributed by atoms with van der Waals surface area (Å²) in [5, 5.41) is 10.6. The van der Waals surface area contributed by atoms with Crippen LogP contribution in [0.15, 0.2) is 42.5 Å². The lowest BCUT2D eigenvalue weighted by Crippen LogP contribution is -2.15. The molecule has 0 spiro atoms. The Balaban J connectivity index is 1.86. The van der Waals surface area contributed by atoms with Crippen molar-refractivity contribution >= 4 is 17.9 Å². The molecule has 0 fully saturated rings. The number of nitrogens with zero attached hydrogens (tertiary/aromatic N) is 1. The minimum atomic E-state index is -0.611. The lowest BCUT2D eigenvalue weighted by molar-refractivity contribution is -0.384. The van der Waals surface area contributed by atoms with Crippen LogP contribution in [0, 0.1) is 10.1 Å². The number of ether oxygens (including phenoxy) is 3. The summed E-state index contributed by atoms with van der Waals surface area (Å²) in [5.74, 6) is 0.0213. The molecule has 2 rings (SSSR count). The largest absolute Gasteiger partial charge is 0.493 e. The van der Waals surface area contributed by atoms with Crippen LogP contribution in [0.5, 0.6) is 11.5 Å². The first kappa shape index (κ1) is 17.9. The van der Waals surface area contributed by atoms with E-state index in [2.05, 4.69) is 0 Å². The van der Waals surface area contributed by atoms with Gasteiger partial charge < -0.3 is 14.2 Å². The molecular formula is C17H15NO7. The maximum absolute atomic E-state index is 11.7. The van der Waals surface area contributed by atoms with E-state index in [0.717, 1.165) is 0 Å². The van der Waals surface area contributed by atoms with Crippen molar-refractivity contribution in [1.82, 2.24) is 0 Å². The Labute approximate surface area is 143 Å². The van der Waals surface area contributed by atoms with E-state index in [9.17, 15) is 19.7 Å². The Morgan fingerprint density at radius 3 is 2.48 bits per heavy atom. The summed E-state index contributed by atoms with van der Waals surface area (Å²) in [6.45, 7) is -0.370. The van der Waals surface area contributed by atoms with Crippen LogP contribution in [-0.4, -0.2) is 30.9 Å². The number of aldehydes is 1. The van der Waals surface area contributed by atoms with E-state index in [-0.39, 0.29) is 18.9 Å². The Kier molecular flexibility index (Phi) is 6.05. The van der Waals surface area contributed by atoms with Crippen LogP contribution in [-0.2, 0) is 16.1 Å². The summed E-state index contributed by atoms with van der Waals surface area (Å²) >= 11 is 0. The first-order chi connectivity index (χ1) is 12.0. The lowest BCUT2D eigenvalue weighted by atomic mass is 10.2. The van der Waals surface area contributed by atoms with Crippen LogP contribution in [0.3, 0.4) is 0 Å². The second kappa shape index (κ2) is 8.44. The average Bonchev–Trinajstić information content (AvgIpc) is 2.64. The third kappa shape index (κ3) is 5.03. The van der Waals surface area contributed by atoms with Gasteiger partial charge in [-0.05, 0) is 35.9 Å². The van der Waals surface area contributed by atoms with Gasteiger partial charge in [0.1, 0.15) is 12.9 Å². The molecule has 2 aromatic carbocycles. The molecule has 0 saturated heterocycles. The van der Waals surface area contributed by atoms with Gasteiger partial charge in [-0.3, -0.25) is 14.9 Å². The molecule has 8 heteroatoms. The van der Waals surface area contributed by atoms with Gasteiger partial charge in [0.05, 0.1) is 12.0 Å². The third-order valence-electron chi connectivity index (χ3n) is 3.22. The number of non-ortho nitro benzene ring substituents is 1. The number of esters is 1. The normalized spacial score (nSPS) is 9.96. The summed E-state index contributed by atoms with van der Waals surface area (Å²) in [4.78, 5) is 32.5. The number of hydrogen-bond donors (Lipinski definition) is 0. The Hall–Kier alpha value is -3.42. The number of nitro groups is 1. The fourth-order valence-electron chi connectivity index (χ4n) is 1.93. The SMILES string of the molecule is COc1cc(C=O)ccc1OCC(=O)OCc1ccc([N+](=O)[O-])cc1. The van der Waals surface area contributed by atoms with Crippen molar-refractivity contribution in [3.05, 3.63) is 63.7 Å². The van der Waals surface area contributed by atoms with Crippen LogP contribution in [0.2, 0.25) is 0 Å². The summed E-state index contributed by atoms with van der Waals surface area (Å²) in [7, 11) is 1.42. The van der Waals surface area contributed by atoms with Gasteiger partial charge in [0.15, 0.2) is 18.1 Å². The number of rotatable bonds is 8. The van der Waals surface area contributed by atoms with E-state index < -0.39 is 10.9 Å². The molecule has 0 aromatic heterocycles. The number of benzene rings is 2. The van der Waals surface area contributed by atoms with Gasteiger partial charge in [-0.15, -0.1) is 0 Å². The first-order valence-corrected chi connectivity index (χ1v) is 7.18. The van der Waals surface area contributed by atoms with Crippen molar-refractivity contribution in [2.24, 2.45) is 0 Å². The zero-order valence-electron chi connectivity index (χ0n) is 13.3. The molecule has 0 atom stereocenters. The standard InChI is InChI=1S/C17H15NO7/c1-23-16-8-13(9-19)4-7-15(16)24-11-17(20)25-10-12-2-5-14(6-3-12)18(21)22/h2-9H,10-11H2,1H3. The Bertz CT molecular complexity index is 771. The lowest BCUT2D eigenvalue weighted by Gasteiger charge is -2.11. The molecule has 0 heterocycles. The van der Waals surface area contributed by atoms with Gasteiger partial charge in [0.2, 0.25) is 0 Å². The fraction of sp³-hybridized carbons (Fsp3) is 0.176. The minimum Gasteiger partial charge on any atom is -0.493 e. The van der Waals surface area contributed by atoms with Gasteiger partial charge in [0.25, 0.3) is 5.69 Å².